The minimum atomic E-state index is -0.961. The SMILES string of the molecule is O=C(c1ccccc1)C(Cl)Cl. The van der Waals surface area contributed by atoms with Gasteiger partial charge in [0.2, 0.25) is 0 Å². The number of alkyl halides is 2. The van der Waals surface area contributed by atoms with Crippen LogP contribution in [0.15, 0.2) is 30.3 Å². The van der Waals surface area contributed by atoms with Gasteiger partial charge in [-0.05, 0) is 0 Å². The highest BCUT2D eigenvalue weighted by atomic mass is 35.5. The summed E-state index contributed by atoms with van der Waals surface area (Å²) < 4.78 is 0. The monoisotopic (exact) mass is 188 g/mol. The van der Waals surface area contributed by atoms with Gasteiger partial charge < -0.3 is 0 Å². The van der Waals surface area contributed by atoms with Gasteiger partial charge in [-0.15, -0.1) is 0 Å². The molecule has 58 valence electrons. The molecule has 0 unspecified atom stereocenters. The average molecular weight is 189 g/mol. The summed E-state index contributed by atoms with van der Waals surface area (Å²) in [6.45, 7) is 0. The lowest BCUT2D eigenvalue weighted by atomic mass is 10.1. The number of halogens is 2. The van der Waals surface area contributed by atoms with Crippen molar-refractivity contribution in [3.63, 3.8) is 0 Å². The Balaban J connectivity index is 2.86. The fraction of sp³-hybridized carbons (Fsp3) is 0.125. The van der Waals surface area contributed by atoms with E-state index in [2.05, 4.69) is 0 Å². The molecule has 1 aromatic rings. The Hall–Kier alpha value is -0.530. The molecular weight excluding hydrogens is 183 g/mol. The van der Waals surface area contributed by atoms with Crippen molar-refractivity contribution in [3.8, 4) is 0 Å². The molecule has 0 radical (unpaired) electrons. The Labute approximate surface area is 74.9 Å². The molecule has 0 aliphatic carbocycles. The molecule has 0 saturated heterocycles. The van der Waals surface area contributed by atoms with Crippen LogP contribution < -0.4 is 0 Å². The van der Waals surface area contributed by atoms with E-state index < -0.39 is 4.84 Å². The zero-order valence-electron chi connectivity index (χ0n) is 5.63. The molecule has 11 heavy (non-hydrogen) atoms. The fourth-order valence-electron chi connectivity index (χ4n) is 0.728. The summed E-state index contributed by atoms with van der Waals surface area (Å²) in [7, 11) is 0. The van der Waals surface area contributed by atoms with Gasteiger partial charge in [0.1, 0.15) is 0 Å². The van der Waals surface area contributed by atoms with Gasteiger partial charge >= 0.3 is 0 Å². The van der Waals surface area contributed by atoms with Crippen molar-refractivity contribution in [2.45, 2.75) is 4.84 Å². The second-order valence-corrected chi connectivity index (χ2v) is 3.13. The van der Waals surface area contributed by atoms with E-state index in [4.69, 9.17) is 23.2 Å². The molecule has 3 heteroatoms. The first-order chi connectivity index (χ1) is 5.22. The lowest BCUT2D eigenvalue weighted by Crippen LogP contribution is -2.07. The Bertz CT molecular complexity index is 244. The van der Waals surface area contributed by atoms with Crippen molar-refractivity contribution < 1.29 is 4.79 Å². The predicted octanol–water partition coefficient (Wildman–Crippen LogP) is 2.67. The first-order valence-corrected chi connectivity index (χ1v) is 3.96. The maximum atomic E-state index is 11.1. The van der Waals surface area contributed by atoms with Gasteiger partial charge in [0.25, 0.3) is 0 Å². The number of rotatable bonds is 2. The largest absolute Gasteiger partial charge is 0.291 e. The minimum Gasteiger partial charge on any atom is -0.291 e. The Kier molecular flexibility index (Phi) is 2.92. The highest BCUT2D eigenvalue weighted by molar-refractivity contribution is 6.55. The molecule has 1 aromatic carbocycles. The van der Waals surface area contributed by atoms with Crippen LogP contribution in [0.5, 0.6) is 0 Å². The number of carbonyl (C=O) groups is 1. The first-order valence-electron chi connectivity index (χ1n) is 3.09. The second-order valence-electron chi connectivity index (χ2n) is 2.03. The van der Waals surface area contributed by atoms with Crippen LogP contribution in [0.25, 0.3) is 0 Å². The van der Waals surface area contributed by atoms with Crippen LogP contribution in [0, 0.1) is 0 Å². The number of Topliss-reactive ketones (excluding diaryl/α,β-unsaturated/α-hetero) is 1. The average Bonchev–Trinajstić information content (AvgIpc) is 2.05. The summed E-state index contributed by atoms with van der Waals surface area (Å²) >= 11 is 10.8. The van der Waals surface area contributed by atoms with Gasteiger partial charge in [0, 0.05) is 5.56 Å². The maximum absolute atomic E-state index is 11.1. The van der Waals surface area contributed by atoms with E-state index >= 15 is 0 Å². The van der Waals surface area contributed by atoms with Crippen LogP contribution in [0.1, 0.15) is 10.4 Å². The molecule has 0 heterocycles. The van der Waals surface area contributed by atoms with E-state index in [1.807, 2.05) is 6.07 Å². The Morgan fingerprint density at radius 1 is 1.18 bits per heavy atom. The third-order valence-electron chi connectivity index (χ3n) is 1.26. The molecule has 0 aliphatic heterocycles. The van der Waals surface area contributed by atoms with Gasteiger partial charge in [0.15, 0.2) is 10.6 Å². The van der Waals surface area contributed by atoms with E-state index in [9.17, 15) is 4.79 Å². The van der Waals surface area contributed by atoms with Gasteiger partial charge in [-0.1, -0.05) is 53.5 Å². The van der Waals surface area contributed by atoms with E-state index in [1.54, 1.807) is 24.3 Å². The fourth-order valence-corrected chi connectivity index (χ4v) is 0.980. The summed E-state index contributed by atoms with van der Waals surface area (Å²) in [5, 5.41) is 0. The molecule has 1 nitrogen and oxygen atoms in total. The third kappa shape index (κ3) is 2.21. The highest BCUT2D eigenvalue weighted by Crippen LogP contribution is 2.10. The molecule has 0 spiro atoms. The zero-order valence-corrected chi connectivity index (χ0v) is 7.14. The van der Waals surface area contributed by atoms with Gasteiger partial charge in [-0.2, -0.15) is 0 Å². The maximum Gasteiger partial charge on any atom is 0.195 e. The second kappa shape index (κ2) is 3.74. The number of hydrogen-bond donors (Lipinski definition) is 0. The summed E-state index contributed by atoms with van der Waals surface area (Å²) in [5.41, 5.74) is 0.544. The lowest BCUT2D eigenvalue weighted by Gasteiger charge is -1.98. The van der Waals surface area contributed by atoms with Crippen LogP contribution in [-0.4, -0.2) is 10.6 Å². The molecule has 0 atom stereocenters. The van der Waals surface area contributed by atoms with Gasteiger partial charge in [-0.3, -0.25) is 4.79 Å². The lowest BCUT2D eigenvalue weighted by molar-refractivity contribution is 0.101. The molecule has 0 N–H and O–H groups in total. The number of hydrogen-bond acceptors (Lipinski definition) is 1. The quantitative estimate of drug-likeness (QED) is 0.516. The van der Waals surface area contributed by atoms with Gasteiger partial charge in [0.05, 0.1) is 0 Å². The van der Waals surface area contributed by atoms with Crippen LogP contribution in [-0.2, 0) is 0 Å². The van der Waals surface area contributed by atoms with Crippen LogP contribution >= 0.6 is 23.2 Å². The molecule has 1 rings (SSSR count). The first kappa shape index (κ1) is 8.57. The summed E-state index contributed by atoms with van der Waals surface area (Å²) in [5.74, 6) is -0.256. The van der Waals surface area contributed by atoms with Crippen molar-refractivity contribution in [2.75, 3.05) is 0 Å². The summed E-state index contributed by atoms with van der Waals surface area (Å²) in [6, 6.07) is 8.72. The van der Waals surface area contributed by atoms with Crippen LogP contribution in [0.4, 0.5) is 0 Å². The summed E-state index contributed by atoms with van der Waals surface area (Å²) in [4.78, 5) is 10.1. The number of ketones is 1. The smallest absolute Gasteiger partial charge is 0.195 e. The van der Waals surface area contributed by atoms with Crippen LogP contribution in [0.2, 0.25) is 0 Å². The number of benzene rings is 1. The molecule has 0 bridgehead atoms. The Morgan fingerprint density at radius 3 is 2.18 bits per heavy atom. The van der Waals surface area contributed by atoms with E-state index in [1.165, 1.54) is 0 Å². The molecule has 0 saturated carbocycles. The van der Waals surface area contributed by atoms with Crippen LogP contribution in [0.3, 0.4) is 0 Å². The predicted molar refractivity (Wildman–Crippen MR) is 46.3 cm³/mol. The highest BCUT2D eigenvalue weighted by Gasteiger charge is 2.12. The molecule has 0 aromatic heterocycles. The van der Waals surface area contributed by atoms with Crippen molar-refractivity contribution in [1.29, 1.82) is 0 Å². The molecule has 0 fully saturated rings. The zero-order chi connectivity index (χ0) is 8.27. The minimum absolute atomic E-state index is 0.256. The van der Waals surface area contributed by atoms with Crippen molar-refractivity contribution in [3.05, 3.63) is 35.9 Å². The van der Waals surface area contributed by atoms with Crippen molar-refractivity contribution in [1.82, 2.24) is 0 Å². The standard InChI is InChI=1S/C8H6Cl2O/c9-8(10)7(11)6-4-2-1-3-5-6/h1-5,8H. The third-order valence-corrected chi connectivity index (χ3v) is 1.65. The normalized spacial score (nSPS) is 10.1. The molecule has 0 aliphatic rings. The van der Waals surface area contributed by atoms with Crippen molar-refractivity contribution >= 4 is 29.0 Å². The van der Waals surface area contributed by atoms with E-state index in [0.29, 0.717) is 5.56 Å². The van der Waals surface area contributed by atoms with Gasteiger partial charge in [-0.25, -0.2) is 0 Å². The topological polar surface area (TPSA) is 17.1 Å². The molecule has 0 amide bonds. The number of carbonyl (C=O) groups excluding carboxylic acids is 1. The van der Waals surface area contributed by atoms with E-state index in [-0.39, 0.29) is 5.78 Å². The Morgan fingerprint density at radius 2 is 1.73 bits per heavy atom. The van der Waals surface area contributed by atoms with E-state index in [0.717, 1.165) is 0 Å². The van der Waals surface area contributed by atoms with Crippen molar-refractivity contribution in [2.24, 2.45) is 0 Å². The summed E-state index contributed by atoms with van der Waals surface area (Å²) in [6.07, 6.45) is 0. The molecular formula is C8H6Cl2O.